The Balaban J connectivity index is 1.44. The number of nitriles is 1. The molecule has 3 aromatic rings. The van der Waals surface area contributed by atoms with Gasteiger partial charge in [-0.1, -0.05) is 23.7 Å². The number of pyridine rings is 1. The second-order valence-electron chi connectivity index (χ2n) is 8.64. The molecule has 37 heavy (non-hydrogen) atoms. The standard InChI is InChI=1S/C26H20ClN5O5/c27-16-7-4-15(12-28)18(10-16)19-11-23(35)32(20-2-1-3-21(33)24(19)20)13-22(34)29-17-8-5-14(6-9-17)25-30-26(36)37-31-25/h4-11,25,31H,1-3,13H2,(H,29,34)(H,30,36). The number of nitrogens with one attached hydrogen (secondary N) is 3. The van der Waals surface area contributed by atoms with Gasteiger partial charge in [-0.2, -0.15) is 5.26 Å². The Kier molecular flexibility index (Phi) is 6.48. The lowest BCUT2D eigenvalue weighted by atomic mass is 9.86. The van der Waals surface area contributed by atoms with Crippen molar-refractivity contribution in [2.45, 2.75) is 32.0 Å². The number of anilines is 1. The summed E-state index contributed by atoms with van der Waals surface area (Å²) in [6.07, 6.45) is 0.213. The molecule has 1 fully saturated rings. The predicted molar refractivity (Wildman–Crippen MR) is 134 cm³/mol. The van der Waals surface area contributed by atoms with Crippen LogP contribution in [-0.2, 0) is 22.6 Å². The summed E-state index contributed by atoms with van der Waals surface area (Å²) in [6, 6.07) is 14.8. The molecule has 2 aromatic carbocycles. The largest absolute Gasteiger partial charge is 0.427 e. The number of ketones is 1. The maximum atomic E-state index is 13.2. The number of nitrogens with zero attached hydrogens (tertiary/aromatic N) is 2. The van der Waals surface area contributed by atoms with Gasteiger partial charge in [0, 0.05) is 45.6 Å². The lowest BCUT2D eigenvalue weighted by molar-refractivity contribution is -0.116. The molecule has 2 amide bonds. The molecular weight excluding hydrogens is 498 g/mol. The second kappa shape index (κ2) is 9.89. The summed E-state index contributed by atoms with van der Waals surface area (Å²) >= 11 is 6.15. The van der Waals surface area contributed by atoms with Crippen LogP contribution in [0.5, 0.6) is 0 Å². The fraction of sp³-hybridized carbons (Fsp3) is 0.192. The van der Waals surface area contributed by atoms with Crippen molar-refractivity contribution < 1.29 is 19.2 Å². The number of aromatic nitrogens is 1. The van der Waals surface area contributed by atoms with E-state index in [1.807, 2.05) is 0 Å². The van der Waals surface area contributed by atoms with Gasteiger partial charge in [0.1, 0.15) is 12.7 Å². The Labute approximate surface area is 215 Å². The zero-order valence-corrected chi connectivity index (χ0v) is 20.1. The number of carbonyl (C=O) groups is 3. The molecular formula is C26H20ClN5O5. The van der Waals surface area contributed by atoms with E-state index in [0.29, 0.717) is 57.9 Å². The number of benzene rings is 2. The van der Waals surface area contributed by atoms with Crippen molar-refractivity contribution in [3.8, 4) is 17.2 Å². The molecule has 5 rings (SSSR count). The average Bonchev–Trinajstić information content (AvgIpc) is 3.32. The Morgan fingerprint density at radius 2 is 1.89 bits per heavy atom. The van der Waals surface area contributed by atoms with Crippen molar-refractivity contribution >= 4 is 35.1 Å². The summed E-state index contributed by atoms with van der Waals surface area (Å²) in [4.78, 5) is 54.9. The molecule has 1 aliphatic carbocycles. The smallest absolute Gasteiger partial charge is 0.351 e. The number of Topliss-reactive ketones (excluding diaryl/α,β-unsaturated/α-hetero) is 1. The third-order valence-electron chi connectivity index (χ3n) is 6.27. The molecule has 186 valence electrons. The van der Waals surface area contributed by atoms with Crippen molar-refractivity contribution in [3.05, 3.63) is 86.3 Å². The molecule has 1 unspecified atom stereocenters. The molecule has 2 aliphatic rings. The molecule has 0 radical (unpaired) electrons. The van der Waals surface area contributed by atoms with Crippen molar-refractivity contribution in [1.82, 2.24) is 15.4 Å². The molecule has 0 spiro atoms. The Morgan fingerprint density at radius 3 is 2.59 bits per heavy atom. The zero-order chi connectivity index (χ0) is 26.1. The molecule has 1 atom stereocenters. The van der Waals surface area contributed by atoms with Crippen LogP contribution in [0.3, 0.4) is 0 Å². The fourth-order valence-corrected chi connectivity index (χ4v) is 4.75. The summed E-state index contributed by atoms with van der Waals surface area (Å²) in [5.41, 5.74) is 5.17. The summed E-state index contributed by atoms with van der Waals surface area (Å²) in [6.45, 7) is -0.286. The first-order chi connectivity index (χ1) is 17.8. The lowest BCUT2D eigenvalue weighted by Gasteiger charge is -2.23. The van der Waals surface area contributed by atoms with Gasteiger partial charge in [-0.15, -0.1) is 5.48 Å². The first kappa shape index (κ1) is 24.2. The van der Waals surface area contributed by atoms with Gasteiger partial charge in [0.05, 0.1) is 11.6 Å². The number of halogens is 1. The average molecular weight is 518 g/mol. The van der Waals surface area contributed by atoms with Crippen molar-refractivity contribution in [1.29, 1.82) is 5.26 Å². The highest BCUT2D eigenvalue weighted by atomic mass is 35.5. The van der Waals surface area contributed by atoms with E-state index in [9.17, 15) is 24.4 Å². The molecule has 1 aliphatic heterocycles. The Hall–Kier alpha value is -4.46. The van der Waals surface area contributed by atoms with Crippen LogP contribution in [0, 0.1) is 11.3 Å². The highest BCUT2D eigenvalue weighted by Crippen LogP contribution is 2.34. The van der Waals surface area contributed by atoms with Gasteiger partial charge in [0.25, 0.3) is 5.56 Å². The van der Waals surface area contributed by atoms with E-state index in [0.717, 1.165) is 5.56 Å². The predicted octanol–water partition coefficient (Wildman–Crippen LogP) is 3.44. The normalized spacial score (nSPS) is 16.4. The minimum atomic E-state index is -0.583. The van der Waals surface area contributed by atoms with E-state index in [4.69, 9.17) is 11.6 Å². The van der Waals surface area contributed by atoms with Crippen LogP contribution in [0.25, 0.3) is 11.1 Å². The number of hydroxylamine groups is 1. The van der Waals surface area contributed by atoms with E-state index >= 15 is 0 Å². The van der Waals surface area contributed by atoms with Crippen LogP contribution in [0.1, 0.15) is 46.2 Å². The first-order valence-corrected chi connectivity index (χ1v) is 11.8. The lowest BCUT2D eigenvalue weighted by Crippen LogP contribution is -2.33. The SMILES string of the molecule is N#Cc1ccc(Cl)cc1-c1cc(=O)n(CC(=O)Nc2ccc(C3NOC(=O)N3)cc2)c2c1C(=O)CCC2. The molecule has 0 saturated carbocycles. The molecule has 0 bridgehead atoms. The van der Waals surface area contributed by atoms with Crippen LogP contribution in [0.2, 0.25) is 5.02 Å². The van der Waals surface area contributed by atoms with Gasteiger partial charge < -0.3 is 14.7 Å². The van der Waals surface area contributed by atoms with E-state index in [1.165, 1.54) is 10.6 Å². The monoisotopic (exact) mass is 517 g/mol. The number of amides is 2. The number of hydrogen-bond donors (Lipinski definition) is 3. The van der Waals surface area contributed by atoms with Gasteiger partial charge in [-0.3, -0.25) is 19.7 Å². The van der Waals surface area contributed by atoms with Crippen molar-refractivity contribution in [2.24, 2.45) is 0 Å². The first-order valence-electron chi connectivity index (χ1n) is 11.5. The minimum Gasteiger partial charge on any atom is -0.351 e. The van der Waals surface area contributed by atoms with Crippen molar-refractivity contribution in [2.75, 3.05) is 5.32 Å². The van der Waals surface area contributed by atoms with E-state index < -0.39 is 23.7 Å². The van der Waals surface area contributed by atoms with Crippen LogP contribution in [-0.4, -0.2) is 22.4 Å². The topological polar surface area (TPSA) is 142 Å². The molecule has 10 nitrogen and oxygen atoms in total. The van der Waals surface area contributed by atoms with Gasteiger partial charge in [0.15, 0.2) is 5.78 Å². The minimum absolute atomic E-state index is 0.151. The number of carbonyl (C=O) groups excluding carboxylic acids is 3. The zero-order valence-electron chi connectivity index (χ0n) is 19.3. The third kappa shape index (κ3) is 4.82. The number of rotatable bonds is 5. The Bertz CT molecular complexity index is 1540. The molecule has 1 saturated heterocycles. The van der Waals surface area contributed by atoms with E-state index in [1.54, 1.807) is 42.5 Å². The van der Waals surface area contributed by atoms with Gasteiger partial charge in [-0.25, -0.2) is 4.79 Å². The van der Waals surface area contributed by atoms with Crippen LogP contribution in [0.4, 0.5) is 10.5 Å². The fourth-order valence-electron chi connectivity index (χ4n) is 4.58. The summed E-state index contributed by atoms with van der Waals surface area (Å²) < 4.78 is 1.31. The highest BCUT2D eigenvalue weighted by Gasteiger charge is 2.28. The molecule has 1 aromatic heterocycles. The Morgan fingerprint density at radius 1 is 1.11 bits per heavy atom. The van der Waals surface area contributed by atoms with Gasteiger partial charge >= 0.3 is 6.09 Å². The van der Waals surface area contributed by atoms with E-state index in [-0.39, 0.29) is 12.3 Å². The van der Waals surface area contributed by atoms with Crippen LogP contribution < -0.4 is 21.7 Å². The van der Waals surface area contributed by atoms with Crippen LogP contribution >= 0.6 is 11.6 Å². The maximum Gasteiger partial charge on any atom is 0.427 e. The maximum absolute atomic E-state index is 13.2. The van der Waals surface area contributed by atoms with E-state index in [2.05, 4.69) is 27.0 Å². The van der Waals surface area contributed by atoms with Crippen LogP contribution in [0.15, 0.2) is 53.3 Å². The van der Waals surface area contributed by atoms with Gasteiger partial charge in [0.2, 0.25) is 5.91 Å². The van der Waals surface area contributed by atoms with Gasteiger partial charge in [-0.05, 0) is 48.7 Å². The summed E-state index contributed by atoms with van der Waals surface area (Å²) in [5.74, 6) is -0.597. The third-order valence-corrected chi connectivity index (χ3v) is 6.50. The quantitative estimate of drug-likeness (QED) is 0.470. The second-order valence-corrected chi connectivity index (χ2v) is 9.07. The summed E-state index contributed by atoms with van der Waals surface area (Å²) in [7, 11) is 0. The molecule has 3 N–H and O–H groups in total. The summed E-state index contributed by atoms with van der Waals surface area (Å²) in [5, 5.41) is 15.3. The highest BCUT2D eigenvalue weighted by molar-refractivity contribution is 6.31. The number of hydrogen-bond acceptors (Lipinski definition) is 7. The molecule has 11 heteroatoms. The van der Waals surface area contributed by atoms with Crippen molar-refractivity contribution in [3.63, 3.8) is 0 Å². The number of fused-ring (bicyclic) bond motifs is 1. The molecule has 2 heterocycles.